The molecule has 0 atom stereocenters. The van der Waals surface area contributed by atoms with Gasteiger partial charge in [0, 0.05) is 12.6 Å². The van der Waals surface area contributed by atoms with Gasteiger partial charge in [0.15, 0.2) is 11.5 Å². The number of hydrazine groups is 1. The van der Waals surface area contributed by atoms with Crippen molar-refractivity contribution in [2.45, 2.75) is 26.3 Å². The van der Waals surface area contributed by atoms with E-state index in [2.05, 4.69) is 12.1 Å². The van der Waals surface area contributed by atoms with Gasteiger partial charge in [-0.25, -0.2) is 5.84 Å². The van der Waals surface area contributed by atoms with Crippen molar-refractivity contribution in [1.29, 1.82) is 0 Å². The molecule has 102 valence electrons. The van der Waals surface area contributed by atoms with Crippen LogP contribution in [0.3, 0.4) is 0 Å². The van der Waals surface area contributed by atoms with Gasteiger partial charge in [-0.1, -0.05) is 18.5 Å². The first-order chi connectivity index (χ1) is 8.71. The van der Waals surface area contributed by atoms with Gasteiger partial charge in [0.25, 0.3) is 5.91 Å². The third-order valence-corrected chi connectivity index (χ3v) is 2.55. The highest BCUT2D eigenvalue weighted by Gasteiger charge is 2.13. The van der Waals surface area contributed by atoms with E-state index in [1.165, 1.54) is 0 Å². The normalized spacial score (nSPS) is 10.9. The summed E-state index contributed by atoms with van der Waals surface area (Å²) >= 11 is 0. The lowest BCUT2D eigenvalue weighted by molar-refractivity contribution is 0.0944. The molecular weight excluding hydrogens is 236 g/mol. The molecular formula is C11H20N4O3. The van der Waals surface area contributed by atoms with E-state index in [0.717, 1.165) is 19.4 Å². The van der Waals surface area contributed by atoms with Crippen LogP contribution in [0.15, 0.2) is 10.6 Å². The molecule has 0 bridgehead atoms. The molecule has 0 unspecified atom stereocenters. The van der Waals surface area contributed by atoms with Crippen LogP contribution in [-0.4, -0.2) is 40.8 Å². The van der Waals surface area contributed by atoms with Crippen molar-refractivity contribution < 1.29 is 14.4 Å². The number of carbonyl (C=O) groups excluding carboxylic acids is 1. The maximum atomic E-state index is 11.2. The molecule has 0 saturated heterocycles. The molecule has 7 nitrogen and oxygen atoms in total. The van der Waals surface area contributed by atoms with Gasteiger partial charge >= 0.3 is 0 Å². The summed E-state index contributed by atoms with van der Waals surface area (Å²) in [6, 6.07) is 1.55. The van der Waals surface area contributed by atoms with E-state index in [1.54, 1.807) is 6.07 Å². The second kappa shape index (κ2) is 7.80. The molecule has 18 heavy (non-hydrogen) atoms. The number of nitrogens with one attached hydrogen (secondary N) is 1. The summed E-state index contributed by atoms with van der Waals surface area (Å²) < 4.78 is 5.05. The van der Waals surface area contributed by atoms with Crippen molar-refractivity contribution in [1.82, 2.24) is 15.5 Å². The Morgan fingerprint density at radius 2 is 2.39 bits per heavy atom. The molecule has 0 fully saturated rings. The van der Waals surface area contributed by atoms with Crippen molar-refractivity contribution in [2.75, 3.05) is 19.7 Å². The summed E-state index contributed by atoms with van der Waals surface area (Å²) in [6.07, 6.45) is 2.13. The van der Waals surface area contributed by atoms with E-state index >= 15 is 0 Å². The summed E-state index contributed by atoms with van der Waals surface area (Å²) in [6.45, 7) is 4.16. The molecule has 4 N–H and O–H groups in total. The highest BCUT2D eigenvalue weighted by Crippen LogP contribution is 2.08. The summed E-state index contributed by atoms with van der Waals surface area (Å²) in [5, 5.41) is 12.6. The second-order valence-corrected chi connectivity index (χ2v) is 4.01. The Morgan fingerprint density at radius 3 is 3.00 bits per heavy atom. The van der Waals surface area contributed by atoms with Crippen molar-refractivity contribution in [3.63, 3.8) is 0 Å². The standard InChI is InChI=1S/C11H20N4O3/c1-2-3-4-15(5-6-16)8-9-7-10(14-18-9)11(17)13-12/h7,16H,2-6,8,12H2,1H3,(H,13,17). The van der Waals surface area contributed by atoms with Gasteiger partial charge in [-0.05, 0) is 13.0 Å². The SMILES string of the molecule is CCCCN(CCO)Cc1cc(C(=O)NN)no1. The summed E-state index contributed by atoms with van der Waals surface area (Å²) in [5.74, 6) is 5.11. The zero-order valence-corrected chi connectivity index (χ0v) is 10.6. The van der Waals surface area contributed by atoms with E-state index in [-0.39, 0.29) is 12.3 Å². The van der Waals surface area contributed by atoms with Gasteiger partial charge in [0.05, 0.1) is 13.2 Å². The van der Waals surface area contributed by atoms with E-state index in [1.807, 2.05) is 10.3 Å². The van der Waals surface area contributed by atoms with Crippen LogP contribution in [0, 0.1) is 0 Å². The molecule has 1 heterocycles. The lowest BCUT2D eigenvalue weighted by Gasteiger charge is -2.18. The third kappa shape index (κ3) is 4.44. The van der Waals surface area contributed by atoms with Crippen LogP contribution < -0.4 is 11.3 Å². The van der Waals surface area contributed by atoms with Crippen LogP contribution in [0.4, 0.5) is 0 Å². The number of amides is 1. The predicted molar refractivity (Wildman–Crippen MR) is 65.4 cm³/mol. The van der Waals surface area contributed by atoms with Gasteiger partial charge < -0.3 is 9.63 Å². The number of nitrogens with two attached hydrogens (primary N) is 1. The Kier molecular flexibility index (Phi) is 6.34. The lowest BCUT2D eigenvalue weighted by atomic mass is 10.3. The van der Waals surface area contributed by atoms with Gasteiger partial charge in [-0.3, -0.25) is 15.1 Å². The highest BCUT2D eigenvalue weighted by molar-refractivity contribution is 5.91. The largest absolute Gasteiger partial charge is 0.395 e. The van der Waals surface area contributed by atoms with E-state index in [4.69, 9.17) is 15.5 Å². The Hall–Kier alpha value is -1.44. The Morgan fingerprint density at radius 1 is 1.61 bits per heavy atom. The van der Waals surface area contributed by atoms with E-state index in [0.29, 0.717) is 18.8 Å². The number of carbonyl (C=O) groups is 1. The molecule has 0 aliphatic rings. The van der Waals surface area contributed by atoms with Crippen LogP contribution in [0.25, 0.3) is 0 Å². The fourth-order valence-electron chi connectivity index (χ4n) is 1.58. The van der Waals surface area contributed by atoms with Crippen LogP contribution in [0.2, 0.25) is 0 Å². The zero-order chi connectivity index (χ0) is 13.4. The number of rotatable bonds is 8. The zero-order valence-electron chi connectivity index (χ0n) is 10.6. The number of aliphatic hydroxyl groups excluding tert-OH is 1. The highest BCUT2D eigenvalue weighted by atomic mass is 16.5. The topological polar surface area (TPSA) is 105 Å². The smallest absolute Gasteiger partial charge is 0.287 e. The molecule has 1 rings (SSSR count). The molecule has 0 spiro atoms. The Labute approximate surface area is 106 Å². The van der Waals surface area contributed by atoms with E-state index < -0.39 is 5.91 Å². The fourth-order valence-corrected chi connectivity index (χ4v) is 1.58. The van der Waals surface area contributed by atoms with E-state index in [9.17, 15) is 4.79 Å². The molecule has 7 heteroatoms. The average molecular weight is 256 g/mol. The third-order valence-electron chi connectivity index (χ3n) is 2.55. The van der Waals surface area contributed by atoms with Crippen LogP contribution in [0.1, 0.15) is 36.0 Å². The minimum Gasteiger partial charge on any atom is -0.395 e. The molecule has 1 amide bonds. The van der Waals surface area contributed by atoms with Crippen LogP contribution in [0.5, 0.6) is 0 Å². The molecule has 1 aromatic heterocycles. The van der Waals surface area contributed by atoms with Crippen molar-refractivity contribution in [3.8, 4) is 0 Å². The molecule has 0 aliphatic carbocycles. The van der Waals surface area contributed by atoms with Crippen molar-refractivity contribution in [3.05, 3.63) is 17.5 Å². The maximum absolute atomic E-state index is 11.2. The minimum absolute atomic E-state index is 0.0913. The molecule has 0 radical (unpaired) electrons. The van der Waals surface area contributed by atoms with Crippen molar-refractivity contribution in [2.24, 2.45) is 5.84 Å². The first-order valence-electron chi connectivity index (χ1n) is 6.01. The van der Waals surface area contributed by atoms with Gasteiger partial charge in [-0.2, -0.15) is 0 Å². The summed E-state index contributed by atoms with van der Waals surface area (Å²) in [4.78, 5) is 13.2. The second-order valence-electron chi connectivity index (χ2n) is 4.01. The average Bonchev–Trinajstić information content (AvgIpc) is 2.83. The number of unbranched alkanes of at least 4 members (excludes halogenated alkanes) is 1. The molecule has 1 aromatic rings. The van der Waals surface area contributed by atoms with Crippen molar-refractivity contribution >= 4 is 5.91 Å². The number of hydrogen-bond acceptors (Lipinski definition) is 6. The summed E-state index contributed by atoms with van der Waals surface area (Å²) in [5.41, 5.74) is 2.15. The summed E-state index contributed by atoms with van der Waals surface area (Å²) in [7, 11) is 0. The molecule has 0 aliphatic heterocycles. The molecule has 0 saturated carbocycles. The Bertz CT molecular complexity index is 367. The van der Waals surface area contributed by atoms with Gasteiger partial charge in [-0.15, -0.1) is 0 Å². The van der Waals surface area contributed by atoms with Crippen LogP contribution in [-0.2, 0) is 6.54 Å². The van der Waals surface area contributed by atoms with Gasteiger partial charge in [0.1, 0.15) is 0 Å². The number of aromatic nitrogens is 1. The quantitative estimate of drug-likeness (QED) is 0.340. The van der Waals surface area contributed by atoms with Gasteiger partial charge in [0.2, 0.25) is 0 Å². The number of nitrogen functional groups attached to an aromatic ring is 1. The predicted octanol–water partition coefficient (Wildman–Crippen LogP) is -0.127. The first kappa shape index (κ1) is 14.6. The van der Waals surface area contributed by atoms with Crippen LogP contribution >= 0.6 is 0 Å². The number of hydrogen-bond donors (Lipinski definition) is 3. The monoisotopic (exact) mass is 256 g/mol. The number of aliphatic hydroxyl groups is 1. The Balaban J connectivity index is 2.57. The number of nitrogens with zero attached hydrogens (tertiary/aromatic N) is 2. The maximum Gasteiger partial charge on any atom is 0.287 e. The minimum atomic E-state index is -0.479. The molecule has 0 aromatic carbocycles. The fraction of sp³-hybridized carbons (Fsp3) is 0.636. The first-order valence-corrected chi connectivity index (χ1v) is 6.01. The lowest BCUT2D eigenvalue weighted by Crippen LogP contribution is -2.30.